The second kappa shape index (κ2) is 10.1. The Morgan fingerprint density at radius 3 is 2.31 bits per heavy atom. The maximum Gasteiger partial charge on any atom is 0.422 e. The van der Waals surface area contributed by atoms with E-state index in [1.165, 1.54) is 24.7 Å². The number of ether oxygens (including phenoxy) is 1. The topological polar surface area (TPSA) is 103 Å². The van der Waals surface area contributed by atoms with Gasteiger partial charge >= 0.3 is 6.18 Å². The minimum Gasteiger partial charge on any atom is -0.468 e. The molecule has 7 nitrogen and oxygen atoms in total. The lowest BCUT2D eigenvalue weighted by atomic mass is 10.1. The molecule has 1 unspecified atom stereocenters. The minimum atomic E-state index is -4.42. The standard InChI is InChI=1S/C15H15F3N4O2.C4H11N/c1-9-5-12(21-8-20-9)14(23)22-10(2)11-3-4-13(19-6-11)24-7-15(16,17)18;1-4(2,3)5/h3-6,8,10H,7H2,1-2H3,(H,22,23);5H2,1-3H3. The number of carbonyl (C=O) groups excluding carboxylic acids is 1. The van der Waals surface area contributed by atoms with E-state index in [-0.39, 0.29) is 23.0 Å². The number of halogens is 3. The van der Waals surface area contributed by atoms with Gasteiger partial charge in [0.25, 0.3) is 5.91 Å². The largest absolute Gasteiger partial charge is 0.468 e. The van der Waals surface area contributed by atoms with Gasteiger partial charge in [-0.25, -0.2) is 15.0 Å². The number of carbonyl (C=O) groups is 1. The van der Waals surface area contributed by atoms with Crippen LogP contribution in [0.15, 0.2) is 30.7 Å². The molecule has 0 radical (unpaired) electrons. The van der Waals surface area contributed by atoms with E-state index in [1.54, 1.807) is 19.9 Å². The number of pyridine rings is 1. The van der Waals surface area contributed by atoms with Crippen LogP contribution >= 0.6 is 0 Å². The van der Waals surface area contributed by atoms with Crippen molar-refractivity contribution < 1.29 is 22.7 Å². The summed E-state index contributed by atoms with van der Waals surface area (Å²) in [6.07, 6.45) is -1.78. The van der Waals surface area contributed by atoms with Crippen LogP contribution in [0.5, 0.6) is 5.88 Å². The van der Waals surface area contributed by atoms with Gasteiger partial charge in [0.05, 0.1) is 6.04 Å². The number of alkyl halides is 3. The summed E-state index contributed by atoms with van der Waals surface area (Å²) >= 11 is 0. The third-order valence-corrected chi connectivity index (χ3v) is 3.03. The summed E-state index contributed by atoms with van der Waals surface area (Å²) in [5.74, 6) is -0.522. The van der Waals surface area contributed by atoms with Crippen molar-refractivity contribution in [3.05, 3.63) is 47.7 Å². The Hall–Kier alpha value is -2.75. The van der Waals surface area contributed by atoms with E-state index >= 15 is 0 Å². The van der Waals surface area contributed by atoms with Gasteiger partial charge < -0.3 is 15.8 Å². The molecular weight excluding hydrogens is 387 g/mol. The van der Waals surface area contributed by atoms with Crippen LogP contribution in [0.2, 0.25) is 0 Å². The molecule has 0 aliphatic rings. The quantitative estimate of drug-likeness (QED) is 0.779. The Labute approximate surface area is 167 Å². The summed E-state index contributed by atoms with van der Waals surface area (Å²) in [6, 6.07) is 4.00. The van der Waals surface area contributed by atoms with Crippen molar-refractivity contribution in [2.45, 2.75) is 52.4 Å². The van der Waals surface area contributed by atoms with E-state index in [1.807, 2.05) is 20.8 Å². The first-order valence-corrected chi connectivity index (χ1v) is 8.78. The first-order valence-electron chi connectivity index (χ1n) is 8.78. The Bertz CT molecular complexity index is 784. The van der Waals surface area contributed by atoms with Crippen LogP contribution < -0.4 is 15.8 Å². The number of hydrogen-bond donors (Lipinski definition) is 2. The highest BCUT2D eigenvalue weighted by Gasteiger charge is 2.28. The van der Waals surface area contributed by atoms with Crippen LogP contribution in [-0.4, -0.2) is 39.2 Å². The fraction of sp³-hybridized carbons (Fsp3) is 0.474. The lowest BCUT2D eigenvalue weighted by Gasteiger charge is -2.14. The average molecular weight is 413 g/mol. The predicted molar refractivity (Wildman–Crippen MR) is 102 cm³/mol. The number of nitrogens with zero attached hydrogens (tertiary/aromatic N) is 3. The third kappa shape index (κ3) is 11.0. The van der Waals surface area contributed by atoms with Crippen LogP contribution in [-0.2, 0) is 0 Å². The molecule has 0 spiro atoms. The molecule has 0 aliphatic heterocycles. The minimum absolute atomic E-state index is 0. The molecule has 0 saturated carbocycles. The normalized spacial score (nSPS) is 12.4. The van der Waals surface area contributed by atoms with Gasteiger partial charge in [0, 0.05) is 23.5 Å². The number of nitrogens with two attached hydrogens (primary N) is 1. The van der Waals surface area contributed by atoms with Crippen LogP contribution in [0, 0.1) is 6.92 Å². The molecule has 2 rings (SSSR count). The molecule has 2 heterocycles. The number of rotatable bonds is 5. The molecule has 3 N–H and O–H groups in total. The summed E-state index contributed by atoms with van der Waals surface area (Å²) in [5, 5.41) is 2.73. The number of amides is 1. The SMILES string of the molecule is CC(C)(C)N.Cc1cc(C(=O)NC(C)c2ccc(OCC(F)(F)F)nc2)ncn1. The Balaban J connectivity index is 0.000000749. The molecule has 10 heteroatoms. The maximum absolute atomic E-state index is 12.1. The van der Waals surface area contributed by atoms with Crippen molar-refractivity contribution in [2.24, 2.45) is 5.73 Å². The van der Waals surface area contributed by atoms with E-state index in [4.69, 9.17) is 5.73 Å². The highest BCUT2D eigenvalue weighted by atomic mass is 19.4. The van der Waals surface area contributed by atoms with Crippen molar-refractivity contribution in [3.63, 3.8) is 0 Å². The zero-order valence-corrected chi connectivity index (χ0v) is 17.0. The van der Waals surface area contributed by atoms with Crippen LogP contribution in [0.3, 0.4) is 0 Å². The molecule has 29 heavy (non-hydrogen) atoms. The molecular formula is C19H26F3N5O2. The van der Waals surface area contributed by atoms with Gasteiger partial charge in [-0.2, -0.15) is 13.2 Å². The monoisotopic (exact) mass is 413 g/mol. The number of aromatic nitrogens is 3. The second-order valence-corrected chi connectivity index (χ2v) is 7.44. The molecule has 0 fully saturated rings. The highest BCUT2D eigenvalue weighted by Crippen LogP contribution is 2.19. The lowest BCUT2D eigenvalue weighted by molar-refractivity contribution is -0.154. The summed E-state index contributed by atoms with van der Waals surface area (Å²) < 4.78 is 40.7. The van der Waals surface area contributed by atoms with Gasteiger partial charge in [0.2, 0.25) is 5.88 Å². The summed E-state index contributed by atoms with van der Waals surface area (Å²) in [7, 11) is 0. The molecule has 160 valence electrons. The highest BCUT2D eigenvalue weighted by molar-refractivity contribution is 5.92. The molecule has 0 aromatic carbocycles. The van der Waals surface area contributed by atoms with Gasteiger partial charge in [-0.3, -0.25) is 4.79 Å². The van der Waals surface area contributed by atoms with E-state index in [0.717, 1.165) is 0 Å². The van der Waals surface area contributed by atoms with Gasteiger partial charge in [-0.05, 0) is 46.2 Å². The number of aryl methyl sites for hydroxylation is 1. The second-order valence-electron chi connectivity index (χ2n) is 7.44. The Kier molecular flexibility index (Phi) is 8.50. The van der Waals surface area contributed by atoms with Crippen molar-refractivity contribution in [3.8, 4) is 5.88 Å². The zero-order valence-electron chi connectivity index (χ0n) is 17.0. The maximum atomic E-state index is 12.1. The van der Waals surface area contributed by atoms with Crippen molar-refractivity contribution in [1.82, 2.24) is 20.3 Å². The Morgan fingerprint density at radius 1 is 1.21 bits per heavy atom. The van der Waals surface area contributed by atoms with Gasteiger partial charge in [-0.1, -0.05) is 6.07 Å². The first-order chi connectivity index (χ1) is 13.2. The average Bonchev–Trinajstić information content (AvgIpc) is 2.58. The molecule has 0 saturated heterocycles. The molecule has 2 aromatic rings. The molecule has 2 aromatic heterocycles. The lowest BCUT2D eigenvalue weighted by Crippen LogP contribution is -2.27. The molecule has 1 amide bonds. The van der Waals surface area contributed by atoms with Crippen LogP contribution in [0.25, 0.3) is 0 Å². The van der Waals surface area contributed by atoms with Crippen molar-refractivity contribution in [1.29, 1.82) is 0 Å². The van der Waals surface area contributed by atoms with Gasteiger partial charge in [0.1, 0.15) is 12.0 Å². The fourth-order valence-electron chi connectivity index (χ4n) is 1.82. The summed E-state index contributed by atoms with van der Waals surface area (Å²) in [5.41, 5.74) is 6.86. The van der Waals surface area contributed by atoms with E-state index in [2.05, 4.69) is 25.0 Å². The molecule has 1 atom stereocenters. The fourth-order valence-corrected chi connectivity index (χ4v) is 1.82. The summed E-state index contributed by atoms with van der Waals surface area (Å²) in [4.78, 5) is 23.7. The molecule has 0 aliphatic carbocycles. The predicted octanol–water partition coefficient (Wildman–Crippen LogP) is 3.36. The van der Waals surface area contributed by atoms with Crippen LogP contribution in [0.4, 0.5) is 13.2 Å². The zero-order chi connectivity index (χ0) is 22.2. The third-order valence-electron chi connectivity index (χ3n) is 3.03. The van der Waals surface area contributed by atoms with Gasteiger partial charge in [0.15, 0.2) is 6.61 Å². The van der Waals surface area contributed by atoms with E-state index in [9.17, 15) is 18.0 Å². The first kappa shape index (κ1) is 24.3. The van der Waals surface area contributed by atoms with E-state index < -0.39 is 18.8 Å². The Morgan fingerprint density at radius 2 is 1.83 bits per heavy atom. The van der Waals surface area contributed by atoms with Crippen molar-refractivity contribution in [2.75, 3.05) is 6.61 Å². The van der Waals surface area contributed by atoms with Crippen molar-refractivity contribution >= 4 is 5.91 Å². The number of nitrogens with one attached hydrogen (secondary N) is 1. The summed E-state index contributed by atoms with van der Waals surface area (Å²) in [6.45, 7) is 7.95. The smallest absolute Gasteiger partial charge is 0.422 e. The molecule has 0 bridgehead atoms. The van der Waals surface area contributed by atoms with E-state index in [0.29, 0.717) is 11.3 Å². The number of hydrogen-bond acceptors (Lipinski definition) is 6. The van der Waals surface area contributed by atoms with Gasteiger partial charge in [-0.15, -0.1) is 0 Å². The van der Waals surface area contributed by atoms with Crippen LogP contribution in [0.1, 0.15) is 55.5 Å².